The van der Waals surface area contributed by atoms with E-state index in [4.69, 9.17) is 21.5 Å². The fraction of sp³-hybridized carbons (Fsp3) is 0. The van der Waals surface area contributed by atoms with Gasteiger partial charge in [-0.1, -0.05) is 29.8 Å². The maximum atomic E-state index is 13.0. The SMILES string of the molecule is O=C(Oc1ccc(Cl)cc1C(=O)C=Cc1ccc(F)cc1)c1ccc(N([O-])O)cc1. The zero-order valence-corrected chi connectivity index (χ0v) is 16.0. The van der Waals surface area contributed by atoms with Crippen LogP contribution in [0.15, 0.2) is 72.8 Å². The van der Waals surface area contributed by atoms with Gasteiger partial charge in [-0.15, -0.1) is 0 Å². The number of rotatable bonds is 6. The van der Waals surface area contributed by atoms with E-state index in [1.807, 2.05) is 0 Å². The van der Waals surface area contributed by atoms with Crippen LogP contribution in [0.3, 0.4) is 0 Å². The lowest BCUT2D eigenvalue weighted by atomic mass is 10.1. The maximum absolute atomic E-state index is 13.0. The largest absolute Gasteiger partial charge is 0.733 e. The first kappa shape index (κ1) is 21.2. The van der Waals surface area contributed by atoms with Gasteiger partial charge in [-0.3, -0.25) is 10.0 Å². The minimum Gasteiger partial charge on any atom is -0.733 e. The van der Waals surface area contributed by atoms with Crippen molar-refractivity contribution in [1.82, 2.24) is 0 Å². The van der Waals surface area contributed by atoms with E-state index in [0.717, 1.165) is 0 Å². The second kappa shape index (κ2) is 9.32. The minimum atomic E-state index is -0.768. The number of carbonyl (C=O) groups is 2. The molecule has 0 aliphatic rings. The summed E-state index contributed by atoms with van der Waals surface area (Å²) in [7, 11) is 0. The van der Waals surface area contributed by atoms with Crippen molar-refractivity contribution in [2.75, 3.05) is 5.23 Å². The average molecular weight is 427 g/mol. The number of esters is 1. The Morgan fingerprint density at radius 2 is 1.70 bits per heavy atom. The Morgan fingerprint density at radius 3 is 2.33 bits per heavy atom. The lowest BCUT2D eigenvalue weighted by molar-refractivity contribution is 0.0733. The number of ether oxygens (including phenoxy) is 1. The van der Waals surface area contributed by atoms with Gasteiger partial charge in [0.15, 0.2) is 5.78 Å². The van der Waals surface area contributed by atoms with Crippen molar-refractivity contribution in [3.05, 3.63) is 106 Å². The molecule has 0 spiro atoms. The monoisotopic (exact) mass is 426 g/mol. The first-order valence-electron chi connectivity index (χ1n) is 8.59. The Balaban J connectivity index is 1.81. The van der Waals surface area contributed by atoms with Gasteiger partial charge in [-0.2, -0.15) is 0 Å². The molecule has 0 aliphatic carbocycles. The van der Waals surface area contributed by atoms with E-state index in [-0.39, 0.29) is 32.8 Å². The van der Waals surface area contributed by atoms with Gasteiger partial charge >= 0.3 is 5.97 Å². The highest BCUT2D eigenvalue weighted by Crippen LogP contribution is 2.25. The van der Waals surface area contributed by atoms with Crippen molar-refractivity contribution < 1.29 is 23.9 Å². The van der Waals surface area contributed by atoms with Gasteiger partial charge in [-0.25, -0.2) is 9.18 Å². The van der Waals surface area contributed by atoms with E-state index in [1.54, 1.807) is 0 Å². The molecule has 3 aromatic rings. The second-order valence-electron chi connectivity index (χ2n) is 6.10. The smallest absolute Gasteiger partial charge is 0.343 e. The van der Waals surface area contributed by atoms with Crippen LogP contribution in [-0.2, 0) is 0 Å². The van der Waals surface area contributed by atoms with Crippen LogP contribution in [0.5, 0.6) is 5.75 Å². The summed E-state index contributed by atoms with van der Waals surface area (Å²) < 4.78 is 18.3. The number of hydrogen-bond donors (Lipinski definition) is 1. The number of anilines is 1. The summed E-state index contributed by atoms with van der Waals surface area (Å²) in [6.45, 7) is 0. The third-order valence-corrected chi connectivity index (χ3v) is 4.27. The van der Waals surface area contributed by atoms with Gasteiger partial charge in [0, 0.05) is 5.02 Å². The predicted octanol–water partition coefficient (Wildman–Crippen LogP) is 5.29. The molecule has 0 unspecified atom stereocenters. The zero-order valence-electron chi connectivity index (χ0n) is 15.3. The Kier molecular flexibility index (Phi) is 6.58. The molecule has 6 nitrogen and oxygen atoms in total. The highest BCUT2D eigenvalue weighted by Gasteiger charge is 2.16. The summed E-state index contributed by atoms with van der Waals surface area (Å²) in [5.74, 6) is -1.63. The van der Waals surface area contributed by atoms with Crippen molar-refractivity contribution in [3.8, 4) is 5.75 Å². The Morgan fingerprint density at radius 1 is 1.03 bits per heavy atom. The van der Waals surface area contributed by atoms with Gasteiger partial charge in [0.2, 0.25) is 0 Å². The molecule has 3 aromatic carbocycles. The summed E-state index contributed by atoms with van der Waals surface area (Å²) in [6, 6.07) is 14.9. The molecule has 0 fully saturated rings. The molecule has 0 saturated heterocycles. The van der Waals surface area contributed by atoms with Crippen LogP contribution in [0.25, 0.3) is 6.08 Å². The molecule has 0 saturated carbocycles. The standard InChI is InChI=1S/C22H14ClFNO5/c23-16-6-12-21(30-22(27)15-4-9-18(10-5-15)25(28)29)19(13-16)20(26)11-3-14-1-7-17(24)8-2-14/h1-13,28H/q-1. The van der Waals surface area contributed by atoms with Crippen LogP contribution in [-0.4, -0.2) is 17.0 Å². The van der Waals surface area contributed by atoms with Gasteiger partial charge in [-0.05, 0) is 66.2 Å². The molecule has 0 amide bonds. The maximum Gasteiger partial charge on any atom is 0.343 e. The number of ketones is 1. The van der Waals surface area contributed by atoms with Gasteiger partial charge in [0.25, 0.3) is 0 Å². The molecule has 0 bridgehead atoms. The van der Waals surface area contributed by atoms with Crippen molar-refractivity contribution in [1.29, 1.82) is 0 Å². The third-order valence-electron chi connectivity index (χ3n) is 4.03. The number of nitrogens with zero attached hydrogens (tertiary/aromatic N) is 1. The predicted molar refractivity (Wildman–Crippen MR) is 110 cm³/mol. The quantitative estimate of drug-likeness (QED) is 0.189. The molecule has 8 heteroatoms. The van der Waals surface area contributed by atoms with Crippen molar-refractivity contribution in [2.45, 2.75) is 0 Å². The van der Waals surface area contributed by atoms with E-state index >= 15 is 0 Å². The fourth-order valence-corrected chi connectivity index (χ4v) is 2.68. The Labute approximate surface area is 175 Å². The van der Waals surface area contributed by atoms with Crippen LogP contribution in [0.2, 0.25) is 5.02 Å². The molecule has 0 heterocycles. The normalized spacial score (nSPS) is 10.8. The van der Waals surface area contributed by atoms with E-state index in [9.17, 15) is 19.2 Å². The summed E-state index contributed by atoms with van der Waals surface area (Å²) >= 11 is 5.98. The number of allylic oxidation sites excluding steroid dienone is 1. The molecule has 1 N–H and O–H groups in total. The first-order chi connectivity index (χ1) is 14.3. The lowest BCUT2D eigenvalue weighted by Crippen LogP contribution is -2.12. The molecular formula is C22H14ClFNO5-. The van der Waals surface area contributed by atoms with Gasteiger partial charge in [0.05, 0.1) is 16.8 Å². The van der Waals surface area contributed by atoms with Gasteiger partial charge < -0.3 is 15.2 Å². The molecular weight excluding hydrogens is 413 g/mol. The minimum absolute atomic E-state index is 0.00478. The van der Waals surface area contributed by atoms with Crippen molar-refractivity contribution in [2.24, 2.45) is 0 Å². The highest BCUT2D eigenvalue weighted by molar-refractivity contribution is 6.31. The molecule has 0 atom stereocenters. The molecule has 152 valence electrons. The van der Waals surface area contributed by atoms with E-state index in [0.29, 0.717) is 5.56 Å². The molecule has 0 radical (unpaired) electrons. The summed E-state index contributed by atoms with van der Waals surface area (Å²) in [4.78, 5) is 25.0. The number of halogens is 2. The zero-order chi connectivity index (χ0) is 21.7. The number of benzene rings is 3. The molecule has 0 aromatic heterocycles. The van der Waals surface area contributed by atoms with Crippen molar-refractivity contribution in [3.63, 3.8) is 0 Å². The highest BCUT2D eigenvalue weighted by atomic mass is 35.5. The van der Waals surface area contributed by atoms with Crippen molar-refractivity contribution >= 4 is 35.1 Å². The number of carbonyl (C=O) groups excluding carboxylic acids is 2. The van der Waals surface area contributed by atoms with E-state index in [2.05, 4.69) is 0 Å². The Bertz CT molecular complexity index is 1100. The summed E-state index contributed by atoms with van der Waals surface area (Å²) in [5, 5.41) is 19.6. The topological polar surface area (TPSA) is 89.9 Å². The van der Waals surface area contributed by atoms with Crippen LogP contribution in [0.4, 0.5) is 10.1 Å². The van der Waals surface area contributed by atoms with Crippen LogP contribution < -0.4 is 9.96 Å². The van der Waals surface area contributed by atoms with E-state index in [1.165, 1.54) is 78.9 Å². The lowest BCUT2D eigenvalue weighted by Gasteiger charge is -2.21. The first-order valence-corrected chi connectivity index (χ1v) is 8.97. The van der Waals surface area contributed by atoms with Gasteiger partial charge in [0.1, 0.15) is 11.6 Å². The third kappa shape index (κ3) is 5.30. The average Bonchev–Trinajstić information content (AvgIpc) is 2.74. The number of hydrogen-bond acceptors (Lipinski definition) is 6. The van der Waals surface area contributed by atoms with E-state index < -0.39 is 17.6 Å². The molecule has 30 heavy (non-hydrogen) atoms. The summed E-state index contributed by atoms with van der Waals surface area (Å²) in [6.07, 6.45) is 2.76. The second-order valence-corrected chi connectivity index (χ2v) is 6.54. The fourth-order valence-electron chi connectivity index (χ4n) is 2.50. The molecule has 3 rings (SSSR count). The summed E-state index contributed by atoms with van der Waals surface area (Å²) in [5.41, 5.74) is 0.726. The van der Waals surface area contributed by atoms with Crippen LogP contribution in [0.1, 0.15) is 26.3 Å². The van der Waals surface area contributed by atoms with Crippen LogP contribution in [0, 0.1) is 11.0 Å². The molecule has 0 aliphatic heterocycles. The van der Waals surface area contributed by atoms with Crippen LogP contribution >= 0.6 is 11.6 Å². The Hall–Kier alpha value is -3.52.